The number of pyridine rings is 1. The monoisotopic (exact) mass is 395 g/mol. The Bertz CT molecular complexity index is 1000. The third-order valence-corrected chi connectivity index (χ3v) is 6.04. The fourth-order valence-electron chi connectivity index (χ4n) is 4.69. The van der Waals surface area contributed by atoms with E-state index in [1.807, 2.05) is 11.0 Å². The third kappa shape index (κ3) is 3.77. The number of fused-ring (bicyclic) bond motifs is 4. The third-order valence-electron chi connectivity index (χ3n) is 6.04. The zero-order chi connectivity index (χ0) is 20.5. The summed E-state index contributed by atoms with van der Waals surface area (Å²) in [6.07, 6.45) is 1.03. The molecule has 1 aromatic heterocycles. The molecule has 3 atom stereocenters. The van der Waals surface area contributed by atoms with Crippen LogP contribution in [0.1, 0.15) is 36.6 Å². The number of piperidine rings is 1. The van der Waals surface area contributed by atoms with Gasteiger partial charge in [0.05, 0.1) is 12.5 Å². The van der Waals surface area contributed by atoms with Gasteiger partial charge in [-0.1, -0.05) is 24.3 Å². The highest BCUT2D eigenvalue weighted by atomic mass is 16.3. The first kappa shape index (κ1) is 19.2. The number of rotatable bonds is 4. The summed E-state index contributed by atoms with van der Waals surface area (Å²) >= 11 is 0. The maximum atomic E-state index is 13.0. The van der Waals surface area contributed by atoms with Crippen molar-refractivity contribution in [3.8, 4) is 5.75 Å². The van der Waals surface area contributed by atoms with E-state index in [4.69, 9.17) is 0 Å². The molecular formula is C22H25N3O4. The van der Waals surface area contributed by atoms with Gasteiger partial charge in [0, 0.05) is 49.8 Å². The van der Waals surface area contributed by atoms with Crippen LogP contribution in [0.25, 0.3) is 0 Å². The number of phenolic OH excluding ortho intramolecular Hbond substituents is 1. The zero-order valence-electron chi connectivity index (χ0n) is 16.4. The molecule has 0 radical (unpaired) electrons. The van der Waals surface area contributed by atoms with Gasteiger partial charge >= 0.3 is 0 Å². The van der Waals surface area contributed by atoms with Crippen molar-refractivity contribution in [2.45, 2.75) is 31.7 Å². The number of likely N-dealkylation sites (tertiary alicyclic amines) is 1. The van der Waals surface area contributed by atoms with Crippen LogP contribution >= 0.6 is 0 Å². The van der Waals surface area contributed by atoms with Gasteiger partial charge < -0.3 is 19.9 Å². The molecule has 3 heterocycles. The second-order valence-corrected chi connectivity index (χ2v) is 7.96. The lowest BCUT2D eigenvalue weighted by atomic mass is 9.78. The Labute approximate surface area is 169 Å². The van der Waals surface area contributed by atoms with Gasteiger partial charge in [-0.25, -0.2) is 0 Å². The lowest BCUT2D eigenvalue weighted by Gasteiger charge is -2.47. The summed E-state index contributed by atoms with van der Waals surface area (Å²) in [7, 11) is 0. The van der Waals surface area contributed by atoms with Crippen LogP contribution < -0.4 is 10.9 Å². The first-order chi connectivity index (χ1) is 13.9. The molecule has 0 unspecified atom stereocenters. The van der Waals surface area contributed by atoms with Crippen LogP contribution in [-0.4, -0.2) is 46.0 Å². The van der Waals surface area contributed by atoms with Crippen LogP contribution in [0.4, 0.5) is 0 Å². The molecule has 152 valence electrons. The Morgan fingerprint density at radius 3 is 2.69 bits per heavy atom. The quantitative estimate of drug-likeness (QED) is 0.819. The molecule has 0 spiro atoms. The van der Waals surface area contributed by atoms with Gasteiger partial charge in [0.25, 0.3) is 5.56 Å². The average Bonchev–Trinajstić information content (AvgIpc) is 2.69. The van der Waals surface area contributed by atoms with Gasteiger partial charge in [-0.05, 0) is 24.5 Å². The molecule has 1 saturated heterocycles. The van der Waals surface area contributed by atoms with Crippen LogP contribution in [0.15, 0.2) is 47.3 Å². The van der Waals surface area contributed by atoms with E-state index in [1.54, 1.807) is 41.0 Å². The van der Waals surface area contributed by atoms with E-state index in [0.717, 1.165) is 12.1 Å². The highest BCUT2D eigenvalue weighted by Gasteiger charge is 2.41. The Kier molecular flexibility index (Phi) is 5.13. The van der Waals surface area contributed by atoms with Gasteiger partial charge in [-0.2, -0.15) is 0 Å². The minimum Gasteiger partial charge on any atom is -0.508 e. The summed E-state index contributed by atoms with van der Waals surface area (Å²) < 4.78 is 1.81. The summed E-state index contributed by atoms with van der Waals surface area (Å²) in [5.74, 6) is 0.122. The molecule has 2 aliphatic heterocycles. The second kappa shape index (κ2) is 7.73. The highest BCUT2D eigenvalue weighted by Crippen LogP contribution is 2.41. The molecule has 2 N–H and O–H groups in total. The Morgan fingerprint density at radius 2 is 1.93 bits per heavy atom. The molecule has 2 bridgehead atoms. The standard InChI is InChI=1S/C22H25N3O4/c1-14(26)23-11-19-17-9-16(18-6-4-8-21(28)25(18)19)12-24(13-17)22(29)10-15-5-2-3-7-20(15)27/h2-8,16-17,19,27H,9-13H2,1H3,(H,23,26)/t16-,17+,19+/m1/s1. The van der Waals surface area contributed by atoms with Crippen LogP contribution in [0, 0.1) is 5.92 Å². The lowest BCUT2D eigenvalue weighted by Crippen LogP contribution is -2.53. The molecule has 0 saturated carbocycles. The first-order valence-electron chi connectivity index (χ1n) is 9.94. The number of hydrogen-bond donors (Lipinski definition) is 2. The second-order valence-electron chi connectivity index (χ2n) is 7.96. The largest absolute Gasteiger partial charge is 0.508 e. The Balaban J connectivity index is 1.61. The molecule has 4 rings (SSSR count). The minimum absolute atomic E-state index is 0.0359. The van der Waals surface area contributed by atoms with Crippen LogP contribution in [0.2, 0.25) is 0 Å². The van der Waals surface area contributed by atoms with E-state index >= 15 is 0 Å². The summed E-state index contributed by atoms with van der Waals surface area (Å²) in [6.45, 7) is 2.92. The number of para-hydroxylation sites is 1. The van der Waals surface area contributed by atoms with Gasteiger partial charge in [-0.15, -0.1) is 0 Å². The predicted octanol–water partition coefficient (Wildman–Crippen LogP) is 1.42. The minimum atomic E-state index is -0.181. The first-order valence-corrected chi connectivity index (χ1v) is 9.94. The maximum Gasteiger partial charge on any atom is 0.251 e. The van der Waals surface area contributed by atoms with Crippen LogP contribution in [0.5, 0.6) is 5.75 Å². The lowest BCUT2D eigenvalue weighted by molar-refractivity contribution is -0.133. The smallest absolute Gasteiger partial charge is 0.251 e. The van der Waals surface area contributed by atoms with E-state index in [2.05, 4.69) is 5.32 Å². The molecule has 0 aliphatic carbocycles. The number of carbonyl (C=O) groups excluding carboxylic acids is 2. The van der Waals surface area contributed by atoms with Crippen LogP contribution in [-0.2, 0) is 16.0 Å². The van der Waals surface area contributed by atoms with Crippen molar-refractivity contribution in [3.05, 3.63) is 64.1 Å². The topological polar surface area (TPSA) is 91.6 Å². The Morgan fingerprint density at radius 1 is 1.14 bits per heavy atom. The van der Waals surface area contributed by atoms with E-state index in [9.17, 15) is 19.5 Å². The van der Waals surface area contributed by atoms with Crippen molar-refractivity contribution in [1.82, 2.24) is 14.8 Å². The number of aromatic nitrogens is 1. The summed E-state index contributed by atoms with van der Waals surface area (Å²) in [5, 5.41) is 12.8. The van der Waals surface area contributed by atoms with Crippen molar-refractivity contribution in [2.75, 3.05) is 19.6 Å². The summed E-state index contributed by atoms with van der Waals surface area (Å²) in [4.78, 5) is 38.9. The molecular weight excluding hydrogens is 370 g/mol. The molecule has 7 heteroatoms. The molecule has 1 aromatic carbocycles. The molecule has 2 amide bonds. The Hall–Kier alpha value is -3.09. The van der Waals surface area contributed by atoms with Crippen molar-refractivity contribution >= 4 is 11.8 Å². The highest BCUT2D eigenvalue weighted by molar-refractivity contribution is 5.79. The SMILES string of the molecule is CC(=O)NC[C@H]1[C@H]2C[C@H](CN(C(=O)Cc3ccccc3O)C2)c2cccc(=O)n21. The van der Waals surface area contributed by atoms with Gasteiger partial charge in [0.1, 0.15) is 5.75 Å². The van der Waals surface area contributed by atoms with Crippen LogP contribution in [0.3, 0.4) is 0 Å². The van der Waals surface area contributed by atoms with Gasteiger partial charge in [-0.3, -0.25) is 14.4 Å². The van der Waals surface area contributed by atoms with E-state index in [1.165, 1.54) is 6.92 Å². The van der Waals surface area contributed by atoms with Crippen molar-refractivity contribution in [1.29, 1.82) is 0 Å². The van der Waals surface area contributed by atoms with Crippen molar-refractivity contribution < 1.29 is 14.7 Å². The fraction of sp³-hybridized carbons (Fsp3) is 0.409. The number of phenols is 1. The maximum absolute atomic E-state index is 13.0. The normalized spacial score (nSPS) is 22.7. The summed E-state index contributed by atoms with van der Waals surface area (Å²) in [5.41, 5.74) is 1.46. The van der Waals surface area contributed by atoms with Gasteiger partial charge in [0.2, 0.25) is 11.8 Å². The molecule has 7 nitrogen and oxygen atoms in total. The molecule has 2 aromatic rings. The predicted molar refractivity (Wildman–Crippen MR) is 108 cm³/mol. The number of hydrogen-bond acceptors (Lipinski definition) is 4. The average molecular weight is 395 g/mol. The molecule has 29 heavy (non-hydrogen) atoms. The number of nitrogens with one attached hydrogen (secondary N) is 1. The van der Waals surface area contributed by atoms with E-state index < -0.39 is 0 Å². The van der Waals surface area contributed by atoms with Crippen molar-refractivity contribution in [3.63, 3.8) is 0 Å². The number of benzene rings is 1. The van der Waals surface area contributed by atoms with E-state index in [0.29, 0.717) is 25.2 Å². The number of nitrogens with zero attached hydrogens (tertiary/aromatic N) is 2. The molecule has 1 fully saturated rings. The van der Waals surface area contributed by atoms with Gasteiger partial charge in [0.15, 0.2) is 0 Å². The zero-order valence-corrected chi connectivity index (χ0v) is 16.4. The number of aromatic hydroxyl groups is 1. The number of amides is 2. The molecule has 2 aliphatic rings. The summed E-state index contributed by atoms with van der Waals surface area (Å²) in [6, 6.07) is 11.9. The van der Waals surface area contributed by atoms with E-state index in [-0.39, 0.29) is 47.4 Å². The van der Waals surface area contributed by atoms with Crippen molar-refractivity contribution in [2.24, 2.45) is 5.92 Å². The number of carbonyl (C=O) groups is 2. The fourth-order valence-corrected chi connectivity index (χ4v) is 4.69.